The summed E-state index contributed by atoms with van der Waals surface area (Å²) in [4.78, 5) is 7.75. The first-order chi connectivity index (χ1) is 12.6. The maximum atomic E-state index is 14.7. The summed E-state index contributed by atoms with van der Waals surface area (Å²) < 4.78 is 59.9. The Hall–Kier alpha value is -2.33. The second kappa shape index (κ2) is 7.01. The number of benzene rings is 1. The normalized spacial score (nSPS) is 13.0. The summed E-state index contributed by atoms with van der Waals surface area (Å²) in [5, 5.41) is 5.67. The highest BCUT2D eigenvalue weighted by molar-refractivity contribution is 6.36. The van der Waals surface area contributed by atoms with Gasteiger partial charge in [-0.2, -0.15) is 32.8 Å². The lowest BCUT2D eigenvalue weighted by molar-refractivity contribution is -0.138. The topological polar surface area (TPSA) is 64.3 Å². The Labute approximate surface area is 160 Å². The van der Waals surface area contributed by atoms with Gasteiger partial charge in [0.05, 0.1) is 17.7 Å². The molecule has 0 aliphatic heterocycles. The van der Waals surface area contributed by atoms with Crippen LogP contribution in [0.1, 0.15) is 6.92 Å². The predicted molar refractivity (Wildman–Crippen MR) is 91.9 cm³/mol. The van der Waals surface area contributed by atoms with E-state index in [0.29, 0.717) is 0 Å². The molecule has 1 aromatic carbocycles. The molecule has 0 bridgehead atoms. The van der Waals surface area contributed by atoms with Gasteiger partial charge < -0.3 is 10.1 Å². The summed E-state index contributed by atoms with van der Waals surface area (Å²) in [6, 6.07) is 0.334. The number of hydrogen-bond acceptors (Lipinski definition) is 5. The van der Waals surface area contributed by atoms with E-state index >= 15 is 0 Å². The van der Waals surface area contributed by atoms with E-state index in [0.717, 1.165) is 23.8 Å². The van der Waals surface area contributed by atoms with Crippen LogP contribution in [0, 0.1) is 5.82 Å². The molecule has 2 heterocycles. The zero-order valence-corrected chi connectivity index (χ0v) is 15.3. The first kappa shape index (κ1) is 19.4. The number of methoxy groups -OCH3 is 1. The summed E-state index contributed by atoms with van der Waals surface area (Å²) in [6.07, 6.45) is -3.50. The van der Waals surface area contributed by atoms with E-state index in [2.05, 4.69) is 20.4 Å². The molecule has 0 fully saturated rings. The molecule has 0 saturated carbocycles. The Morgan fingerprint density at radius 2 is 1.93 bits per heavy atom. The molecule has 0 aliphatic carbocycles. The van der Waals surface area contributed by atoms with Crippen molar-refractivity contribution < 1.29 is 22.3 Å². The molecule has 3 rings (SSSR count). The lowest BCUT2D eigenvalue weighted by Crippen LogP contribution is -2.34. The fraction of sp³-hybridized carbons (Fsp3) is 0.267. The van der Waals surface area contributed by atoms with Gasteiger partial charge in [-0.05, 0) is 13.0 Å². The lowest BCUT2D eigenvalue weighted by Gasteiger charge is -2.22. The number of anilines is 1. The fourth-order valence-corrected chi connectivity index (χ4v) is 2.92. The molecule has 1 atom stereocenters. The number of ether oxygens (including phenoxy) is 1. The van der Waals surface area contributed by atoms with Crippen molar-refractivity contribution in [1.82, 2.24) is 19.6 Å². The van der Waals surface area contributed by atoms with Crippen LogP contribution in [0.25, 0.3) is 16.9 Å². The summed E-state index contributed by atoms with van der Waals surface area (Å²) in [5.41, 5.74) is -0.430. The third kappa shape index (κ3) is 3.59. The van der Waals surface area contributed by atoms with Gasteiger partial charge in [0, 0.05) is 11.6 Å². The quantitative estimate of drug-likeness (QED) is 0.490. The van der Waals surface area contributed by atoms with E-state index in [1.807, 2.05) is 0 Å². The highest BCUT2D eigenvalue weighted by Gasteiger charge is 2.37. The van der Waals surface area contributed by atoms with Gasteiger partial charge in [-0.3, -0.25) is 0 Å². The Kier molecular flexibility index (Phi) is 5.04. The van der Waals surface area contributed by atoms with Crippen LogP contribution in [0.4, 0.5) is 23.4 Å². The van der Waals surface area contributed by atoms with Crippen LogP contribution in [0.2, 0.25) is 10.2 Å². The molecule has 0 saturated heterocycles. The number of hydrogen-bond donors (Lipinski definition) is 1. The molecule has 0 aliphatic rings. The average molecular weight is 424 g/mol. The van der Waals surface area contributed by atoms with E-state index in [-0.39, 0.29) is 38.6 Å². The van der Waals surface area contributed by atoms with Gasteiger partial charge in [-0.25, -0.2) is 4.39 Å². The molecule has 1 N–H and O–H groups in total. The van der Waals surface area contributed by atoms with Crippen LogP contribution in [-0.4, -0.2) is 38.9 Å². The van der Waals surface area contributed by atoms with Gasteiger partial charge in [0.15, 0.2) is 0 Å². The first-order valence-corrected chi connectivity index (χ1v) is 8.15. The van der Waals surface area contributed by atoms with Crippen LogP contribution in [0.5, 0.6) is 5.75 Å². The van der Waals surface area contributed by atoms with Crippen molar-refractivity contribution in [3.05, 3.63) is 34.5 Å². The minimum Gasteiger partial charge on any atom is -0.497 e. The number of nitrogens with one attached hydrogen (secondary N) is 1. The van der Waals surface area contributed by atoms with Crippen LogP contribution >= 0.6 is 23.2 Å². The number of alkyl halides is 3. The number of nitrogens with zero attached hydrogens (tertiary/aromatic N) is 4. The third-order valence-corrected chi connectivity index (χ3v) is 4.30. The van der Waals surface area contributed by atoms with Gasteiger partial charge in [0.25, 0.3) is 5.78 Å². The minimum absolute atomic E-state index is 0.0642. The van der Waals surface area contributed by atoms with E-state index in [4.69, 9.17) is 27.9 Å². The van der Waals surface area contributed by atoms with Gasteiger partial charge in [-0.1, -0.05) is 23.2 Å². The van der Waals surface area contributed by atoms with Crippen molar-refractivity contribution in [3.63, 3.8) is 0 Å². The van der Waals surface area contributed by atoms with E-state index in [9.17, 15) is 17.6 Å². The second-order valence-corrected chi connectivity index (χ2v) is 6.24. The zero-order chi connectivity index (χ0) is 19.9. The summed E-state index contributed by atoms with van der Waals surface area (Å²) in [7, 11) is 1.32. The Morgan fingerprint density at radius 1 is 1.22 bits per heavy atom. The van der Waals surface area contributed by atoms with Crippen molar-refractivity contribution in [2.75, 3.05) is 12.4 Å². The Bertz CT molecular complexity index is 985. The lowest BCUT2D eigenvalue weighted by atomic mass is 10.1. The zero-order valence-electron chi connectivity index (χ0n) is 13.8. The van der Waals surface area contributed by atoms with E-state index < -0.39 is 18.0 Å². The van der Waals surface area contributed by atoms with Gasteiger partial charge >= 0.3 is 6.18 Å². The molecular weight excluding hydrogens is 413 g/mol. The number of fused-ring (bicyclic) bond motifs is 1. The van der Waals surface area contributed by atoms with Crippen molar-refractivity contribution in [2.24, 2.45) is 0 Å². The standard InChI is InChI=1S/C15H11Cl2F4N5O/c1-6(15(19,20)21)24-13-11(12(17)25-14-22-5-23-26(13)14)10-8(16)3-7(27-2)4-9(10)18/h3-6,24H,1-2H3. The molecule has 0 radical (unpaired) electrons. The van der Waals surface area contributed by atoms with Crippen LogP contribution in [0.15, 0.2) is 18.5 Å². The summed E-state index contributed by atoms with van der Waals surface area (Å²) in [6.45, 7) is 0.896. The van der Waals surface area contributed by atoms with Crippen molar-refractivity contribution in [3.8, 4) is 16.9 Å². The maximum absolute atomic E-state index is 14.7. The molecule has 6 nitrogen and oxygen atoms in total. The summed E-state index contributed by atoms with van der Waals surface area (Å²) in [5.74, 6) is -1.04. The second-order valence-electron chi connectivity index (χ2n) is 5.47. The van der Waals surface area contributed by atoms with E-state index in [1.54, 1.807) is 0 Å². The molecule has 0 amide bonds. The first-order valence-electron chi connectivity index (χ1n) is 7.39. The largest absolute Gasteiger partial charge is 0.497 e. The minimum atomic E-state index is -4.58. The Balaban J connectivity index is 2.30. The molecule has 1 unspecified atom stereocenters. The molecule has 0 spiro atoms. The highest BCUT2D eigenvalue weighted by Crippen LogP contribution is 2.42. The number of halogens is 6. The molecule has 3 aromatic rings. The number of rotatable bonds is 4. The van der Waals surface area contributed by atoms with Gasteiger partial charge in [-0.15, -0.1) is 0 Å². The van der Waals surface area contributed by atoms with Crippen molar-refractivity contribution in [2.45, 2.75) is 19.1 Å². The monoisotopic (exact) mass is 423 g/mol. The van der Waals surface area contributed by atoms with Gasteiger partial charge in [0.1, 0.15) is 34.9 Å². The maximum Gasteiger partial charge on any atom is 0.408 e. The predicted octanol–water partition coefficient (Wildman–Crippen LogP) is 4.61. The molecular formula is C15H11Cl2F4N5O. The SMILES string of the molecule is COc1cc(F)c(-c2c(Cl)nc3ncnn3c2NC(C)C(F)(F)F)c(Cl)c1. The average Bonchev–Trinajstić information content (AvgIpc) is 3.03. The summed E-state index contributed by atoms with van der Waals surface area (Å²) >= 11 is 12.3. The van der Waals surface area contributed by atoms with Crippen molar-refractivity contribution >= 4 is 34.8 Å². The third-order valence-electron chi connectivity index (χ3n) is 3.73. The van der Waals surface area contributed by atoms with Gasteiger partial charge in [0.2, 0.25) is 0 Å². The van der Waals surface area contributed by atoms with Crippen molar-refractivity contribution in [1.29, 1.82) is 0 Å². The molecule has 2 aromatic heterocycles. The van der Waals surface area contributed by atoms with E-state index in [1.165, 1.54) is 13.2 Å². The van der Waals surface area contributed by atoms with Crippen LogP contribution in [0.3, 0.4) is 0 Å². The highest BCUT2D eigenvalue weighted by atomic mass is 35.5. The molecule has 144 valence electrons. The smallest absolute Gasteiger partial charge is 0.408 e. The van der Waals surface area contributed by atoms with Crippen LogP contribution < -0.4 is 10.1 Å². The van der Waals surface area contributed by atoms with Crippen LogP contribution in [-0.2, 0) is 0 Å². The molecule has 12 heteroatoms. The number of aromatic nitrogens is 4. The fourth-order valence-electron chi connectivity index (χ4n) is 2.37. The molecule has 27 heavy (non-hydrogen) atoms. The Morgan fingerprint density at radius 3 is 2.52 bits per heavy atom.